The molecule has 198 valence electrons. The number of rotatable bonds is 6. The first kappa shape index (κ1) is 26.1. The number of carbonyl (C=O) groups excluding carboxylic acids is 2. The van der Waals surface area contributed by atoms with Crippen molar-refractivity contribution in [3.63, 3.8) is 0 Å². The van der Waals surface area contributed by atoms with Gasteiger partial charge in [-0.15, -0.1) is 0 Å². The molecule has 0 bridgehead atoms. The lowest BCUT2D eigenvalue weighted by Gasteiger charge is -2.61. The fourth-order valence-electron chi connectivity index (χ4n) is 6.32. The van der Waals surface area contributed by atoms with Crippen molar-refractivity contribution in [1.29, 1.82) is 0 Å². The second-order valence-electron chi connectivity index (χ2n) is 11.2. The van der Waals surface area contributed by atoms with Crippen LogP contribution in [0.25, 0.3) is 0 Å². The van der Waals surface area contributed by atoms with Gasteiger partial charge in [-0.1, -0.05) is 49.7 Å². The van der Waals surface area contributed by atoms with Crippen LogP contribution in [0.2, 0.25) is 5.02 Å². The number of carbonyl (C=O) groups is 2. The Balaban J connectivity index is 1.44. The normalized spacial score (nSPS) is 21.6. The lowest BCUT2D eigenvalue weighted by Crippen LogP contribution is -2.72. The molecule has 3 fully saturated rings. The van der Waals surface area contributed by atoms with Crippen molar-refractivity contribution >= 4 is 38.9 Å². The number of hydrogen-bond acceptors (Lipinski definition) is 5. The van der Waals surface area contributed by atoms with Crippen LogP contribution in [0.1, 0.15) is 54.1 Å². The van der Waals surface area contributed by atoms with E-state index >= 15 is 0 Å². The Labute approximate surface area is 221 Å². The third-order valence-electron chi connectivity index (χ3n) is 8.17. The smallest absolute Gasteiger partial charge is 0.253 e. The predicted molar refractivity (Wildman–Crippen MR) is 141 cm³/mol. The predicted octanol–water partition coefficient (Wildman–Crippen LogP) is 3.73. The van der Waals surface area contributed by atoms with Crippen molar-refractivity contribution in [2.45, 2.75) is 44.1 Å². The van der Waals surface area contributed by atoms with E-state index in [1.807, 2.05) is 24.3 Å². The zero-order valence-electron chi connectivity index (χ0n) is 21.1. The van der Waals surface area contributed by atoms with Crippen LogP contribution >= 0.6 is 11.6 Å². The van der Waals surface area contributed by atoms with Gasteiger partial charge < -0.3 is 10.6 Å². The number of halogens is 2. The molecule has 2 saturated heterocycles. The second kappa shape index (κ2) is 9.06. The van der Waals surface area contributed by atoms with Crippen LogP contribution in [0, 0.1) is 11.2 Å². The minimum absolute atomic E-state index is 0.0633. The van der Waals surface area contributed by atoms with Gasteiger partial charge in [-0.2, -0.15) is 0 Å². The monoisotopic (exact) mass is 547 g/mol. The summed E-state index contributed by atoms with van der Waals surface area (Å²) < 4.78 is 37.8. The Kier molecular flexibility index (Phi) is 6.40. The van der Waals surface area contributed by atoms with Crippen LogP contribution in [0.4, 0.5) is 10.1 Å². The molecule has 2 heterocycles. The number of nitrogens with zero attached hydrogens (tertiary/aromatic N) is 1. The maximum Gasteiger partial charge on any atom is 0.253 e. The molecular formula is C27H31ClFN3O4S. The third-order valence-corrected chi connectivity index (χ3v) is 10.6. The van der Waals surface area contributed by atoms with Crippen LogP contribution < -0.4 is 10.6 Å². The van der Waals surface area contributed by atoms with Crippen LogP contribution in [0.5, 0.6) is 0 Å². The molecule has 2 N–H and O–H groups in total. The van der Waals surface area contributed by atoms with Crippen LogP contribution in [0.3, 0.4) is 0 Å². The molecule has 3 aliphatic rings. The molecule has 5 rings (SSSR count). The Morgan fingerprint density at radius 2 is 1.78 bits per heavy atom. The molecule has 1 aliphatic carbocycles. The summed E-state index contributed by atoms with van der Waals surface area (Å²) in [7, 11) is -1.44. The molecule has 0 unspecified atom stereocenters. The minimum Gasteiger partial charge on any atom is -0.355 e. The molecule has 2 aromatic carbocycles. The molecule has 2 aliphatic heterocycles. The van der Waals surface area contributed by atoms with E-state index in [4.69, 9.17) is 11.6 Å². The Morgan fingerprint density at radius 3 is 2.38 bits per heavy atom. The van der Waals surface area contributed by atoms with E-state index in [0.29, 0.717) is 13.1 Å². The summed E-state index contributed by atoms with van der Waals surface area (Å²) in [6.45, 7) is 5.07. The highest BCUT2D eigenvalue weighted by atomic mass is 35.5. The number of hydrogen-bond donors (Lipinski definition) is 2. The lowest BCUT2D eigenvalue weighted by atomic mass is 9.62. The number of nitrogens with one attached hydrogen (secondary N) is 2. The molecule has 2 aromatic rings. The highest BCUT2D eigenvalue weighted by Crippen LogP contribution is 2.54. The fraction of sp³-hybridized carbons (Fsp3) is 0.481. The zero-order chi connectivity index (χ0) is 26.8. The highest BCUT2D eigenvalue weighted by molar-refractivity contribution is 7.92. The van der Waals surface area contributed by atoms with Crippen molar-refractivity contribution in [1.82, 2.24) is 10.2 Å². The first-order valence-electron chi connectivity index (χ1n) is 12.5. The number of anilines is 1. The Morgan fingerprint density at radius 1 is 1.14 bits per heavy atom. The summed E-state index contributed by atoms with van der Waals surface area (Å²) in [5, 5.41) is 5.14. The van der Waals surface area contributed by atoms with Crippen molar-refractivity contribution in [2.75, 3.05) is 37.0 Å². The maximum atomic E-state index is 14.4. The fourth-order valence-corrected chi connectivity index (χ4v) is 8.73. The van der Waals surface area contributed by atoms with Crippen molar-refractivity contribution in [2.24, 2.45) is 5.41 Å². The van der Waals surface area contributed by atoms with Gasteiger partial charge >= 0.3 is 0 Å². The largest absolute Gasteiger partial charge is 0.355 e. The van der Waals surface area contributed by atoms with Gasteiger partial charge in [0.2, 0.25) is 5.91 Å². The Bertz CT molecular complexity index is 1370. The quantitative estimate of drug-likeness (QED) is 0.574. The van der Waals surface area contributed by atoms with Gasteiger partial charge in [0.05, 0.1) is 33.2 Å². The first-order valence-corrected chi connectivity index (χ1v) is 14.7. The van der Waals surface area contributed by atoms with Crippen LogP contribution in [-0.4, -0.2) is 62.8 Å². The molecule has 10 heteroatoms. The summed E-state index contributed by atoms with van der Waals surface area (Å²) >= 11 is 5.92. The van der Waals surface area contributed by atoms with E-state index in [0.717, 1.165) is 30.0 Å². The summed E-state index contributed by atoms with van der Waals surface area (Å²) in [5.41, 5.74) is 1.12. The van der Waals surface area contributed by atoms with Gasteiger partial charge in [-0.05, 0) is 42.0 Å². The number of amides is 2. The zero-order valence-corrected chi connectivity index (χ0v) is 22.7. The maximum absolute atomic E-state index is 14.4. The van der Waals surface area contributed by atoms with E-state index in [-0.39, 0.29) is 51.1 Å². The number of likely N-dealkylation sites (tertiary alicyclic amines) is 1. The van der Waals surface area contributed by atoms with E-state index < -0.39 is 27.0 Å². The Hall–Kier alpha value is -2.49. The molecule has 1 saturated carbocycles. The van der Waals surface area contributed by atoms with Crippen LogP contribution in [-0.2, 0) is 20.0 Å². The highest BCUT2D eigenvalue weighted by Gasteiger charge is 2.61. The second-order valence-corrected chi connectivity index (χ2v) is 13.6. The van der Waals surface area contributed by atoms with Gasteiger partial charge in [0.25, 0.3) is 5.91 Å². The number of benzene rings is 2. The molecule has 0 aromatic heterocycles. The van der Waals surface area contributed by atoms with Gasteiger partial charge in [-0.3, -0.25) is 14.5 Å². The van der Waals surface area contributed by atoms with E-state index in [9.17, 15) is 22.4 Å². The van der Waals surface area contributed by atoms with Gasteiger partial charge in [0, 0.05) is 31.6 Å². The van der Waals surface area contributed by atoms with Crippen LogP contribution in [0.15, 0.2) is 36.4 Å². The summed E-state index contributed by atoms with van der Waals surface area (Å²) in [6.07, 6.45) is 1.64. The summed E-state index contributed by atoms with van der Waals surface area (Å²) in [5.74, 6) is -0.834. The average Bonchev–Trinajstić information content (AvgIpc) is 2.77. The summed E-state index contributed by atoms with van der Waals surface area (Å²) in [4.78, 5) is 28.7. The van der Waals surface area contributed by atoms with E-state index in [2.05, 4.69) is 29.4 Å². The minimum atomic E-state index is -2.89. The van der Waals surface area contributed by atoms with Crippen molar-refractivity contribution in [3.05, 3.63) is 63.9 Å². The van der Waals surface area contributed by atoms with E-state index in [1.54, 1.807) is 0 Å². The number of sulfone groups is 1. The molecule has 0 radical (unpaired) electrons. The molecule has 37 heavy (non-hydrogen) atoms. The van der Waals surface area contributed by atoms with Gasteiger partial charge in [0.15, 0.2) is 9.84 Å². The van der Waals surface area contributed by atoms with Crippen molar-refractivity contribution < 1.29 is 22.4 Å². The first-order chi connectivity index (χ1) is 17.4. The molecule has 1 spiro atoms. The third kappa shape index (κ3) is 4.45. The lowest BCUT2D eigenvalue weighted by molar-refractivity contribution is -0.133. The topological polar surface area (TPSA) is 95.6 Å². The molecular weight excluding hydrogens is 517 g/mol. The van der Waals surface area contributed by atoms with Crippen molar-refractivity contribution in [3.8, 4) is 0 Å². The van der Waals surface area contributed by atoms with E-state index in [1.165, 1.54) is 13.1 Å². The standard InChI is InChI=1S/C27H31ClFN3O4S/c1-16(2)18-6-4-5-7-20(18)27(12-32(13-27)17-10-26(11-17)14-37(35,36)15-26)25(34)31-23-9-22(29)21(28)8-19(23)24(33)30-3/h4-9,16-17H,10-15H2,1-3H3,(H,30,33)(H,31,34). The van der Waals surface area contributed by atoms with Gasteiger partial charge in [0.1, 0.15) is 5.82 Å². The van der Waals surface area contributed by atoms with Gasteiger partial charge in [-0.25, -0.2) is 12.8 Å². The molecule has 2 amide bonds. The summed E-state index contributed by atoms with van der Waals surface area (Å²) in [6, 6.07) is 10.4. The molecule has 7 nitrogen and oxygen atoms in total. The SMILES string of the molecule is CNC(=O)c1cc(Cl)c(F)cc1NC(=O)C1(c2ccccc2C(C)C)CN(C2CC3(C2)CS(=O)(=O)C3)C1. The average molecular weight is 548 g/mol. The molecule has 0 atom stereocenters.